The monoisotopic (exact) mass is 230 g/mol. The summed E-state index contributed by atoms with van der Waals surface area (Å²) in [6.07, 6.45) is 1.25. The molecular weight excluding hydrogens is 216 g/mol. The van der Waals surface area contributed by atoms with Crippen molar-refractivity contribution in [2.24, 2.45) is 11.7 Å². The maximum absolute atomic E-state index is 5.88. The van der Waals surface area contributed by atoms with Crippen LogP contribution < -0.4 is 5.73 Å². The Morgan fingerprint density at radius 2 is 2.43 bits per heavy atom. The van der Waals surface area contributed by atoms with E-state index in [2.05, 4.69) is 11.0 Å². The molecule has 1 aromatic heterocycles. The Bertz CT molecular complexity index is 300. The normalized spacial score (nSPS) is 23.1. The average Bonchev–Trinajstić information content (AvgIpc) is 2.76. The van der Waals surface area contributed by atoms with Crippen LogP contribution in [-0.2, 0) is 6.54 Å². The summed E-state index contributed by atoms with van der Waals surface area (Å²) in [7, 11) is 0. The second-order valence-corrected chi connectivity index (χ2v) is 5.63. The Morgan fingerprint density at radius 3 is 3.00 bits per heavy atom. The van der Waals surface area contributed by atoms with Gasteiger partial charge in [0, 0.05) is 18.0 Å². The van der Waals surface area contributed by atoms with Crippen LogP contribution in [0.15, 0.2) is 12.1 Å². The summed E-state index contributed by atoms with van der Waals surface area (Å²) in [6.45, 7) is 4.18. The van der Waals surface area contributed by atoms with Crippen molar-refractivity contribution >= 4 is 22.9 Å². The van der Waals surface area contributed by atoms with Gasteiger partial charge in [-0.3, -0.25) is 4.90 Å². The van der Waals surface area contributed by atoms with Gasteiger partial charge in [-0.1, -0.05) is 11.6 Å². The smallest absolute Gasteiger partial charge is 0.0931 e. The minimum atomic E-state index is 0.699. The van der Waals surface area contributed by atoms with Gasteiger partial charge < -0.3 is 5.73 Å². The second kappa shape index (κ2) is 4.62. The van der Waals surface area contributed by atoms with E-state index in [0.717, 1.165) is 24.0 Å². The van der Waals surface area contributed by atoms with E-state index in [1.165, 1.54) is 17.8 Å². The molecule has 0 spiro atoms. The lowest BCUT2D eigenvalue weighted by atomic mass is 10.1. The highest BCUT2D eigenvalue weighted by Crippen LogP contribution is 2.25. The van der Waals surface area contributed by atoms with Crippen molar-refractivity contribution in [3.8, 4) is 0 Å². The van der Waals surface area contributed by atoms with E-state index in [9.17, 15) is 0 Å². The van der Waals surface area contributed by atoms with E-state index < -0.39 is 0 Å². The van der Waals surface area contributed by atoms with Gasteiger partial charge in [0.25, 0.3) is 0 Å². The third-order valence-electron chi connectivity index (χ3n) is 2.71. The summed E-state index contributed by atoms with van der Waals surface area (Å²) in [5.41, 5.74) is 5.65. The zero-order valence-corrected chi connectivity index (χ0v) is 9.65. The first-order valence-electron chi connectivity index (χ1n) is 4.94. The summed E-state index contributed by atoms with van der Waals surface area (Å²) in [4.78, 5) is 3.81. The molecule has 14 heavy (non-hydrogen) atoms. The molecule has 0 radical (unpaired) electrons. The van der Waals surface area contributed by atoms with Gasteiger partial charge in [-0.25, -0.2) is 0 Å². The van der Waals surface area contributed by atoms with E-state index in [1.54, 1.807) is 11.3 Å². The van der Waals surface area contributed by atoms with Crippen molar-refractivity contribution in [1.82, 2.24) is 4.90 Å². The van der Waals surface area contributed by atoms with Gasteiger partial charge in [-0.05, 0) is 37.6 Å². The Kier molecular flexibility index (Phi) is 3.44. The van der Waals surface area contributed by atoms with Gasteiger partial charge in [0.1, 0.15) is 0 Å². The number of nitrogens with two attached hydrogens (primary N) is 1. The van der Waals surface area contributed by atoms with Crippen molar-refractivity contribution in [2.75, 3.05) is 19.6 Å². The number of likely N-dealkylation sites (tertiary alicyclic amines) is 1. The molecule has 0 amide bonds. The van der Waals surface area contributed by atoms with Crippen molar-refractivity contribution < 1.29 is 0 Å². The predicted octanol–water partition coefficient (Wildman–Crippen LogP) is 2.18. The number of nitrogens with zero attached hydrogens (tertiary/aromatic N) is 1. The Labute approximate surface area is 93.7 Å². The number of hydrogen-bond acceptors (Lipinski definition) is 3. The van der Waals surface area contributed by atoms with Crippen molar-refractivity contribution in [2.45, 2.75) is 13.0 Å². The van der Waals surface area contributed by atoms with Gasteiger partial charge in [0.15, 0.2) is 0 Å². The second-order valence-electron chi connectivity index (χ2n) is 3.83. The highest BCUT2D eigenvalue weighted by atomic mass is 35.5. The molecule has 0 bridgehead atoms. The fourth-order valence-corrected chi connectivity index (χ4v) is 3.04. The molecule has 2 heterocycles. The van der Waals surface area contributed by atoms with Crippen LogP contribution >= 0.6 is 22.9 Å². The lowest BCUT2D eigenvalue weighted by molar-refractivity contribution is 0.320. The average molecular weight is 231 g/mol. The lowest BCUT2D eigenvalue weighted by Gasteiger charge is -2.13. The fraction of sp³-hybridized carbons (Fsp3) is 0.600. The minimum Gasteiger partial charge on any atom is -0.330 e. The summed E-state index contributed by atoms with van der Waals surface area (Å²) in [5, 5.41) is 0. The van der Waals surface area contributed by atoms with Crippen LogP contribution in [0.1, 0.15) is 11.3 Å². The molecule has 1 saturated heterocycles. The topological polar surface area (TPSA) is 29.3 Å². The van der Waals surface area contributed by atoms with Gasteiger partial charge in [0.05, 0.1) is 4.34 Å². The maximum Gasteiger partial charge on any atom is 0.0931 e. The van der Waals surface area contributed by atoms with Gasteiger partial charge >= 0.3 is 0 Å². The fourth-order valence-electron chi connectivity index (χ4n) is 1.91. The number of rotatable bonds is 3. The molecule has 0 aliphatic carbocycles. The largest absolute Gasteiger partial charge is 0.330 e. The van der Waals surface area contributed by atoms with Crippen LogP contribution in [0.5, 0.6) is 0 Å². The SMILES string of the molecule is NC[C@@H]1CCN(Cc2ccc(Cl)s2)C1. The van der Waals surface area contributed by atoms with Crippen molar-refractivity contribution in [1.29, 1.82) is 0 Å². The minimum absolute atomic E-state index is 0.699. The molecular formula is C10H15ClN2S. The van der Waals surface area contributed by atoms with Gasteiger partial charge in [-0.15, -0.1) is 11.3 Å². The molecule has 1 atom stereocenters. The van der Waals surface area contributed by atoms with Crippen LogP contribution in [0.3, 0.4) is 0 Å². The highest BCUT2D eigenvalue weighted by molar-refractivity contribution is 7.16. The summed E-state index contributed by atoms with van der Waals surface area (Å²) in [6, 6.07) is 4.08. The standard InChI is InChI=1S/C10H15ClN2S/c11-10-2-1-9(14-10)7-13-4-3-8(5-12)6-13/h1-2,8H,3-7,12H2/t8-/m0/s1. The van der Waals surface area contributed by atoms with Crippen LogP contribution in [0, 0.1) is 5.92 Å². The molecule has 4 heteroatoms. The number of halogens is 1. The predicted molar refractivity (Wildman–Crippen MR) is 61.8 cm³/mol. The van der Waals surface area contributed by atoms with E-state index in [0.29, 0.717) is 5.92 Å². The maximum atomic E-state index is 5.88. The molecule has 1 aliphatic rings. The molecule has 2 nitrogen and oxygen atoms in total. The summed E-state index contributed by atoms with van der Waals surface area (Å²) < 4.78 is 0.884. The van der Waals surface area contributed by atoms with E-state index in [1.807, 2.05) is 6.07 Å². The molecule has 2 rings (SSSR count). The van der Waals surface area contributed by atoms with Crippen molar-refractivity contribution in [3.63, 3.8) is 0 Å². The quantitative estimate of drug-likeness (QED) is 0.863. The zero-order chi connectivity index (χ0) is 9.97. The molecule has 78 valence electrons. The van der Waals surface area contributed by atoms with Gasteiger partial charge in [-0.2, -0.15) is 0 Å². The molecule has 2 N–H and O–H groups in total. The first kappa shape index (κ1) is 10.4. The van der Waals surface area contributed by atoms with Crippen molar-refractivity contribution in [3.05, 3.63) is 21.3 Å². The first-order chi connectivity index (χ1) is 6.78. The molecule has 0 saturated carbocycles. The molecule has 0 unspecified atom stereocenters. The summed E-state index contributed by atoms with van der Waals surface area (Å²) in [5.74, 6) is 0.699. The molecule has 1 fully saturated rings. The molecule has 1 aromatic rings. The molecule has 0 aromatic carbocycles. The number of thiophene rings is 1. The van der Waals surface area contributed by atoms with E-state index in [-0.39, 0.29) is 0 Å². The van der Waals surface area contributed by atoms with E-state index >= 15 is 0 Å². The highest BCUT2D eigenvalue weighted by Gasteiger charge is 2.21. The van der Waals surface area contributed by atoms with Crippen LogP contribution in [0.2, 0.25) is 4.34 Å². The third-order valence-corrected chi connectivity index (χ3v) is 3.93. The first-order valence-corrected chi connectivity index (χ1v) is 6.14. The third kappa shape index (κ3) is 2.48. The summed E-state index contributed by atoms with van der Waals surface area (Å²) >= 11 is 7.56. The Balaban J connectivity index is 1.87. The van der Waals surface area contributed by atoms with Crippen LogP contribution in [0.25, 0.3) is 0 Å². The van der Waals surface area contributed by atoms with Gasteiger partial charge in [0.2, 0.25) is 0 Å². The lowest BCUT2D eigenvalue weighted by Crippen LogP contribution is -2.22. The molecule has 1 aliphatic heterocycles. The zero-order valence-electron chi connectivity index (χ0n) is 8.08. The van der Waals surface area contributed by atoms with Crippen LogP contribution in [-0.4, -0.2) is 24.5 Å². The number of hydrogen-bond donors (Lipinski definition) is 1. The van der Waals surface area contributed by atoms with E-state index in [4.69, 9.17) is 17.3 Å². The van der Waals surface area contributed by atoms with Crippen LogP contribution in [0.4, 0.5) is 0 Å². The Hall–Kier alpha value is -0.0900. The Morgan fingerprint density at radius 1 is 1.57 bits per heavy atom.